The molecule has 0 saturated carbocycles. The van der Waals surface area contributed by atoms with E-state index in [0.29, 0.717) is 6.20 Å². The smallest absolute Gasteiger partial charge is 0.227 e. The quantitative estimate of drug-likeness (QED) is 0.565. The second kappa shape index (κ2) is 8.79. The van der Waals surface area contributed by atoms with Crippen molar-refractivity contribution in [1.82, 2.24) is 15.8 Å². The van der Waals surface area contributed by atoms with E-state index in [0.717, 1.165) is 6.54 Å². The van der Waals surface area contributed by atoms with Crippen LogP contribution >= 0.6 is 0 Å². The lowest BCUT2D eigenvalue weighted by Crippen LogP contribution is -2.26. The Morgan fingerprint density at radius 2 is 2.40 bits per heavy atom. The zero-order valence-corrected chi connectivity index (χ0v) is 8.51. The van der Waals surface area contributed by atoms with E-state index in [2.05, 4.69) is 22.4 Å². The number of nitrogens with one attached hydrogen (secondary N) is 2. The highest BCUT2D eigenvalue weighted by molar-refractivity contribution is 5.07. The number of nitrogens with zero attached hydrogens (tertiary/aromatic N) is 2. The van der Waals surface area contributed by atoms with Crippen molar-refractivity contribution in [3.8, 4) is 0 Å². The third-order valence-corrected chi connectivity index (χ3v) is 1.34. The molecule has 1 rings (SSSR count). The molecule has 0 bridgehead atoms. The van der Waals surface area contributed by atoms with Crippen LogP contribution in [-0.4, -0.2) is 17.0 Å². The van der Waals surface area contributed by atoms with Gasteiger partial charge >= 0.3 is 0 Å². The van der Waals surface area contributed by atoms with Gasteiger partial charge < -0.3 is 0 Å². The molecule has 0 fully saturated rings. The maximum Gasteiger partial charge on any atom is 0.227 e. The van der Waals surface area contributed by atoms with Gasteiger partial charge in [0.25, 0.3) is 0 Å². The first-order chi connectivity index (χ1) is 7.20. The van der Waals surface area contributed by atoms with Gasteiger partial charge in [-0.15, -0.1) is 0 Å². The van der Waals surface area contributed by atoms with Gasteiger partial charge in [0.2, 0.25) is 6.20 Å². The predicted molar refractivity (Wildman–Crippen MR) is 57.3 cm³/mol. The van der Waals surface area contributed by atoms with Crippen molar-refractivity contribution in [3.63, 3.8) is 0 Å². The van der Waals surface area contributed by atoms with Crippen molar-refractivity contribution < 1.29 is 4.92 Å². The number of aromatic nitrogens is 1. The maximum atomic E-state index is 9.06. The fourth-order valence-electron chi connectivity index (χ4n) is 0.693. The zero-order chi connectivity index (χ0) is 11.5. The van der Waals surface area contributed by atoms with Crippen LogP contribution in [0.25, 0.3) is 0 Å². The molecule has 0 amide bonds. The van der Waals surface area contributed by atoms with Crippen molar-refractivity contribution in [2.24, 2.45) is 0 Å². The van der Waals surface area contributed by atoms with Gasteiger partial charge in [-0.25, -0.2) is 0 Å². The summed E-state index contributed by atoms with van der Waals surface area (Å²) < 4.78 is 0. The van der Waals surface area contributed by atoms with Gasteiger partial charge in [-0.05, 0) is 25.3 Å². The molecule has 1 aromatic heterocycles. The van der Waals surface area contributed by atoms with E-state index in [1.165, 1.54) is 5.56 Å². The predicted octanol–water partition coefficient (Wildman–Crippen LogP) is 0.712. The highest BCUT2D eigenvalue weighted by Crippen LogP contribution is 1.92. The molecule has 15 heavy (non-hydrogen) atoms. The van der Waals surface area contributed by atoms with Crippen LogP contribution in [0.1, 0.15) is 5.56 Å². The Kier molecular flexibility index (Phi) is 7.74. The molecule has 0 saturated heterocycles. The van der Waals surface area contributed by atoms with E-state index in [9.17, 15) is 0 Å². The van der Waals surface area contributed by atoms with Crippen LogP contribution in [0.4, 0.5) is 0 Å². The number of pyridine rings is 1. The van der Waals surface area contributed by atoms with Crippen LogP contribution in [0.3, 0.4) is 0 Å². The van der Waals surface area contributed by atoms with Gasteiger partial charge in [0.05, 0.1) is 4.92 Å². The second-order valence-corrected chi connectivity index (χ2v) is 2.43. The number of rotatable bonds is 4. The number of hydrogen-bond acceptors (Lipinski definition) is 5. The van der Waals surface area contributed by atoms with Crippen molar-refractivity contribution in [2.75, 3.05) is 7.05 Å². The van der Waals surface area contributed by atoms with E-state index in [4.69, 9.17) is 10.1 Å². The molecule has 6 nitrogen and oxygen atoms in total. The van der Waals surface area contributed by atoms with Crippen LogP contribution in [0.2, 0.25) is 0 Å². The van der Waals surface area contributed by atoms with E-state index in [1.807, 2.05) is 25.4 Å². The molecule has 82 valence electrons. The number of nitro groups is 1. The molecule has 0 radical (unpaired) electrons. The Bertz CT molecular complexity index is 289. The highest BCUT2D eigenvalue weighted by Gasteiger charge is 1.86. The lowest BCUT2D eigenvalue weighted by Gasteiger charge is -2.00. The number of hydrogen-bond donors (Lipinski definition) is 2. The van der Waals surface area contributed by atoms with Crippen LogP contribution < -0.4 is 10.9 Å². The Hall–Kier alpha value is -1.79. The van der Waals surface area contributed by atoms with Crippen LogP contribution in [0.5, 0.6) is 0 Å². The molecular formula is C9H14N4O2. The molecule has 0 atom stereocenters. The van der Waals surface area contributed by atoms with Gasteiger partial charge in [-0.2, -0.15) is 0 Å². The van der Waals surface area contributed by atoms with E-state index >= 15 is 0 Å². The summed E-state index contributed by atoms with van der Waals surface area (Å²) in [5, 5.41) is 9.06. The van der Waals surface area contributed by atoms with Gasteiger partial charge in [0.1, 0.15) is 0 Å². The van der Waals surface area contributed by atoms with Crippen LogP contribution in [0, 0.1) is 10.1 Å². The molecule has 0 aliphatic heterocycles. The summed E-state index contributed by atoms with van der Waals surface area (Å²) in [5.74, 6) is 0. The third-order valence-electron chi connectivity index (χ3n) is 1.34. The van der Waals surface area contributed by atoms with E-state index < -0.39 is 4.92 Å². The lowest BCUT2D eigenvalue weighted by atomic mass is 10.3. The Morgan fingerprint density at radius 1 is 1.73 bits per heavy atom. The maximum absolute atomic E-state index is 9.06. The van der Waals surface area contributed by atoms with Crippen molar-refractivity contribution in [3.05, 3.63) is 53.0 Å². The largest absolute Gasteiger partial charge is 0.264 e. The minimum absolute atomic E-state index is 0.611. The molecule has 0 unspecified atom stereocenters. The summed E-state index contributed by atoms with van der Waals surface area (Å²) in [7, 11) is 1.84. The summed E-state index contributed by atoms with van der Waals surface area (Å²) in [5.41, 5.74) is 6.99. The molecule has 0 aromatic carbocycles. The number of hydrazine groups is 1. The third kappa shape index (κ3) is 8.54. The average Bonchev–Trinajstić information content (AvgIpc) is 2.28. The minimum atomic E-state index is -0.611. The standard InChI is InChI=1S/C7H11N3.C2H3NO2/c1-8-10-6-7-3-2-4-9-5-7;1-2-3(4)5/h2-5,8,10H,6H2,1H3;2H,1H2. The fourth-order valence-corrected chi connectivity index (χ4v) is 0.693. The monoisotopic (exact) mass is 210 g/mol. The van der Waals surface area contributed by atoms with Crippen molar-refractivity contribution in [2.45, 2.75) is 6.54 Å². The van der Waals surface area contributed by atoms with Crippen LogP contribution in [0.15, 0.2) is 37.3 Å². The van der Waals surface area contributed by atoms with Gasteiger partial charge in [0, 0.05) is 18.9 Å². The first-order valence-electron chi connectivity index (χ1n) is 4.25. The van der Waals surface area contributed by atoms with Gasteiger partial charge in [0.15, 0.2) is 0 Å². The Morgan fingerprint density at radius 3 is 2.80 bits per heavy atom. The first-order valence-corrected chi connectivity index (χ1v) is 4.25. The zero-order valence-electron chi connectivity index (χ0n) is 8.51. The summed E-state index contributed by atoms with van der Waals surface area (Å²) in [6.45, 7) is 3.67. The normalized spacial score (nSPS) is 8.60. The van der Waals surface area contributed by atoms with Crippen molar-refractivity contribution >= 4 is 0 Å². The molecule has 1 heterocycles. The molecule has 1 aromatic rings. The van der Waals surface area contributed by atoms with Gasteiger partial charge in [-0.3, -0.25) is 25.9 Å². The Labute approximate surface area is 88.1 Å². The summed E-state index contributed by atoms with van der Waals surface area (Å²) in [6.07, 6.45) is 4.24. The average molecular weight is 210 g/mol. The summed E-state index contributed by atoms with van der Waals surface area (Å²) in [4.78, 5) is 12.4. The first kappa shape index (κ1) is 13.2. The summed E-state index contributed by atoms with van der Waals surface area (Å²) >= 11 is 0. The lowest BCUT2D eigenvalue weighted by molar-refractivity contribution is -0.401. The molecule has 0 aliphatic rings. The van der Waals surface area contributed by atoms with Crippen molar-refractivity contribution in [1.29, 1.82) is 0 Å². The van der Waals surface area contributed by atoms with Gasteiger partial charge in [-0.1, -0.05) is 6.07 Å². The highest BCUT2D eigenvalue weighted by atomic mass is 16.6. The molecule has 6 heteroatoms. The van der Waals surface area contributed by atoms with E-state index in [1.54, 1.807) is 6.20 Å². The molecule has 0 aliphatic carbocycles. The Balaban J connectivity index is 0.000000336. The van der Waals surface area contributed by atoms with E-state index in [-0.39, 0.29) is 0 Å². The fraction of sp³-hybridized carbons (Fsp3) is 0.222. The molecule has 0 spiro atoms. The molecule has 2 N–H and O–H groups in total. The minimum Gasteiger partial charge on any atom is -0.264 e. The topological polar surface area (TPSA) is 80.1 Å². The van der Waals surface area contributed by atoms with Crippen LogP contribution in [-0.2, 0) is 6.54 Å². The molecular weight excluding hydrogens is 196 g/mol. The SMILES string of the molecule is C=C[N+](=O)[O-].CNNCc1cccnc1. The summed E-state index contributed by atoms with van der Waals surface area (Å²) in [6, 6.07) is 3.95. The second-order valence-electron chi connectivity index (χ2n) is 2.43.